The van der Waals surface area contributed by atoms with Gasteiger partial charge in [0, 0.05) is 13.1 Å². The zero-order chi connectivity index (χ0) is 8.43. The number of rotatable bonds is 2. The van der Waals surface area contributed by atoms with E-state index in [4.69, 9.17) is 0 Å². The van der Waals surface area contributed by atoms with Crippen molar-refractivity contribution in [3.63, 3.8) is 0 Å². The van der Waals surface area contributed by atoms with Gasteiger partial charge in [-0.05, 0) is 0 Å². The van der Waals surface area contributed by atoms with E-state index in [1.54, 1.807) is 0 Å². The molecule has 0 bridgehead atoms. The SMILES string of the molecule is CC(=O)c1cnc(C(F)F)s1. The first-order valence-electron chi connectivity index (χ1n) is 2.86. The lowest BCUT2D eigenvalue weighted by atomic mass is 10.4. The number of carbonyl (C=O) groups is 1. The number of carbonyl (C=O) groups excluding carboxylic acids is 1. The van der Waals surface area contributed by atoms with Gasteiger partial charge in [0.2, 0.25) is 0 Å². The summed E-state index contributed by atoms with van der Waals surface area (Å²) in [5.41, 5.74) is 0. The average Bonchev–Trinajstić information content (AvgIpc) is 2.33. The first-order chi connectivity index (χ1) is 5.11. The van der Waals surface area contributed by atoms with E-state index in [1.807, 2.05) is 0 Å². The van der Waals surface area contributed by atoms with E-state index in [9.17, 15) is 13.6 Å². The average molecular weight is 177 g/mol. The fraction of sp³-hybridized carbons (Fsp3) is 0.333. The number of alkyl halides is 2. The van der Waals surface area contributed by atoms with Gasteiger partial charge in [-0.15, -0.1) is 11.3 Å². The number of Topliss-reactive ketones (excluding diaryl/α,β-unsaturated/α-hetero) is 1. The van der Waals surface area contributed by atoms with Crippen molar-refractivity contribution in [2.45, 2.75) is 13.3 Å². The van der Waals surface area contributed by atoms with Gasteiger partial charge in [0.1, 0.15) is 0 Å². The number of hydrogen-bond acceptors (Lipinski definition) is 3. The maximum absolute atomic E-state index is 11.9. The van der Waals surface area contributed by atoms with E-state index in [0.717, 1.165) is 11.3 Å². The molecule has 0 radical (unpaired) electrons. The smallest absolute Gasteiger partial charge is 0.289 e. The molecule has 0 amide bonds. The van der Waals surface area contributed by atoms with Gasteiger partial charge in [0.25, 0.3) is 6.43 Å². The molecule has 1 rings (SSSR count). The van der Waals surface area contributed by atoms with Crippen LogP contribution in [0.4, 0.5) is 8.78 Å². The molecule has 0 fully saturated rings. The Balaban J connectivity index is 2.90. The number of hydrogen-bond donors (Lipinski definition) is 0. The number of aromatic nitrogens is 1. The van der Waals surface area contributed by atoms with Crippen LogP contribution in [0.1, 0.15) is 28.0 Å². The molecule has 1 aromatic heterocycles. The van der Waals surface area contributed by atoms with Crippen LogP contribution in [-0.2, 0) is 0 Å². The minimum atomic E-state index is -2.58. The molecule has 0 saturated carbocycles. The maximum atomic E-state index is 11.9. The summed E-state index contributed by atoms with van der Waals surface area (Å²) in [4.78, 5) is 14.3. The van der Waals surface area contributed by atoms with Crippen molar-refractivity contribution in [1.82, 2.24) is 4.98 Å². The Kier molecular flexibility index (Phi) is 2.28. The van der Waals surface area contributed by atoms with Gasteiger partial charge in [0.05, 0.1) is 4.88 Å². The molecule has 11 heavy (non-hydrogen) atoms. The Labute approximate surface area is 65.9 Å². The third kappa shape index (κ3) is 1.80. The van der Waals surface area contributed by atoms with Crippen molar-refractivity contribution in [1.29, 1.82) is 0 Å². The molecule has 60 valence electrons. The molecule has 0 aromatic carbocycles. The van der Waals surface area contributed by atoms with Gasteiger partial charge in [-0.25, -0.2) is 13.8 Å². The largest absolute Gasteiger partial charge is 0.294 e. The van der Waals surface area contributed by atoms with Crippen LogP contribution in [-0.4, -0.2) is 10.8 Å². The summed E-state index contributed by atoms with van der Waals surface area (Å²) >= 11 is 0.738. The topological polar surface area (TPSA) is 30.0 Å². The molecule has 0 atom stereocenters. The van der Waals surface area contributed by atoms with E-state index in [-0.39, 0.29) is 15.7 Å². The Morgan fingerprint density at radius 2 is 2.36 bits per heavy atom. The predicted molar refractivity (Wildman–Crippen MR) is 37.1 cm³/mol. The molecule has 1 aromatic rings. The molecule has 0 saturated heterocycles. The highest BCUT2D eigenvalue weighted by Gasteiger charge is 2.13. The van der Waals surface area contributed by atoms with Crippen molar-refractivity contribution in [3.05, 3.63) is 16.1 Å². The molecule has 5 heteroatoms. The Morgan fingerprint density at radius 3 is 2.64 bits per heavy atom. The van der Waals surface area contributed by atoms with Crippen molar-refractivity contribution in [2.24, 2.45) is 0 Å². The van der Waals surface area contributed by atoms with E-state index in [1.165, 1.54) is 13.1 Å². The van der Waals surface area contributed by atoms with Crippen LogP contribution in [0, 0.1) is 0 Å². The van der Waals surface area contributed by atoms with Crippen LogP contribution in [0.25, 0.3) is 0 Å². The molecular weight excluding hydrogens is 172 g/mol. The van der Waals surface area contributed by atoms with Crippen LogP contribution >= 0.6 is 11.3 Å². The lowest BCUT2D eigenvalue weighted by molar-refractivity contribution is 0.102. The molecular formula is C6H5F2NOS. The Morgan fingerprint density at radius 1 is 1.73 bits per heavy atom. The van der Waals surface area contributed by atoms with Gasteiger partial charge >= 0.3 is 0 Å². The highest BCUT2D eigenvalue weighted by Crippen LogP contribution is 2.23. The monoisotopic (exact) mass is 177 g/mol. The predicted octanol–water partition coefficient (Wildman–Crippen LogP) is 2.28. The number of halogens is 2. The van der Waals surface area contributed by atoms with Gasteiger partial charge in [0.15, 0.2) is 10.8 Å². The minimum Gasteiger partial charge on any atom is -0.294 e. The molecule has 0 N–H and O–H groups in total. The highest BCUT2D eigenvalue weighted by atomic mass is 32.1. The van der Waals surface area contributed by atoms with E-state index >= 15 is 0 Å². The molecule has 0 aliphatic heterocycles. The summed E-state index contributed by atoms with van der Waals surface area (Å²) in [6.45, 7) is 1.32. The van der Waals surface area contributed by atoms with E-state index < -0.39 is 6.43 Å². The maximum Gasteiger partial charge on any atom is 0.289 e. The molecule has 0 spiro atoms. The zero-order valence-electron chi connectivity index (χ0n) is 5.67. The zero-order valence-corrected chi connectivity index (χ0v) is 6.49. The van der Waals surface area contributed by atoms with E-state index in [0.29, 0.717) is 0 Å². The van der Waals surface area contributed by atoms with E-state index in [2.05, 4.69) is 4.98 Å². The molecule has 0 aliphatic rings. The first kappa shape index (κ1) is 8.26. The lowest BCUT2D eigenvalue weighted by Gasteiger charge is -1.87. The van der Waals surface area contributed by atoms with Crippen LogP contribution < -0.4 is 0 Å². The quantitative estimate of drug-likeness (QED) is 0.648. The van der Waals surface area contributed by atoms with Crippen LogP contribution in [0.2, 0.25) is 0 Å². The first-order valence-corrected chi connectivity index (χ1v) is 3.67. The summed E-state index contributed by atoms with van der Waals surface area (Å²) in [5, 5.41) is -0.296. The second kappa shape index (κ2) is 3.04. The number of ketones is 1. The minimum absolute atomic E-state index is 0.227. The molecule has 0 unspecified atom stereocenters. The highest BCUT2D eigenvalue weighted by molar-refractivity contribution is 7.13. The van der Waals surface area contributed by atoms with Gasteiger partial charge in [-0.3, -0.25) is 4.79 Å². The number of nitrogens with zero attached hydrogens (tertiary/aromatic N) is 1. The van der Waals surface area contributed by atoms with Crippen molar-refractivity contribution >= 4 is 17.1 Å². The Hall–Kier alpha value is -0.840. The lowest BCUT2D eigenvalue weighted by Crippen LogP contribution is -1.83. The third-order valence-corrected chi connectivity index (χ3v) is 2.16. The van der Waals surface area contributed by atoms with Crippen molar-refractivity contribution in [2.75, 3.05) is 0 Å². The van der Waals surface area contributed by atoms with Crippen molar-refractivity contribution < 1.29 is 13.6 Å². The van der Waals surface area contributed by atoms with Crippen LogP contribution in [0.15, 0.2) is 6.20 Å². The fourth-order valence-corrected chi connectivity index (χ4v) is 1.22. The summed E-state index contributed by atoms with van der Waals surface area (Å²) in [7, 11) is 0. The second-order valence-corrected chi connectivity index (χ2v) is 2.98. The standard InChI is InChI=1S/C6H5F2NOS/c1-3(10)4-2-9-6(11-4)5(7)8/h2,5H,1H3. The summed E-state index contributed by atoms with van der Waals surface area (Å²) in [6.07, 6.45) is -1.40. The third-order valence-electron chi connectivity index (χ3n) is 1.06. The van der Waals surface area contributed by atoms with Crippen LogP contribution in [0.5, 0.6) is 0 Å². The summed E-state index contributed by atoms with van der Waals surface area (Å²) in [5.74, 6) is -0.227. The van der Waals surface area contributed by atoms with Crippen molar-refractivity contribution in [3.8, 4) is 0 Å². The van der Waals surface area contributed by atoms with Gasteiger partial charge in [-0.1, -0.05) is 0 Å². The Bertz CT molecular complexity index is 271. The number of thiazole rings is 1. The second-order valence-electron chi connectivity index (χ2n) is 1.92. The van der Waals surface area contributed by atoms with Gasteiger partial charge in [-0.2, -0.15) is 0 Å². The summed E-state index contributed by atoms with van der Waals surface area (Å²) < 4.78 is 23.8. The fourth-order valence-electron chi connectivity index (χ4n) is 0.551. The van der Waals surface area contributed by atoms with Crippen LogP contribution in [0.3, 0.4) is 0 Å². The molecule has 2 nitrogen and oxygen atoms in total. The van der Waals surface area contributed by atoms with Gasteiger partial charge < -0.3 is 0 Å². The molecule has 0 aliphatic carbocycles. The normalized spacial score (nSPS) is 10.5. The molecule has 1 heterocycles. The summed E-state index contributed by atoms with van der Waals surface area (Å²) in [6, 6.07) is 0.